The minimum absolute atomic E-state index is 0.555. The molecule has 15 heavy (non-hydrogen) atoms. The fraction of sp³-hybridized carbons (Fsp3) is 0.500. The van der Waals surface area contributed by atoms with E-state index in [-0.39, 0.29) is 0 Å². The van der Waals surface area contributed by atoms with Gasteiger partial charge < -0.3 is 15.2 Å². The monoisotopic (exact) mass is 207 g/mol. The van der Waals surface area contributed by atoms with E-state index in [1.165, 1.54) is 0 Å². The van der Waals surface area contributed by atoms with Crippen LogP contribution in [-0.4, -0.2) is 30.9 Å². The summed E-state index contributed by atoms with van der Waals surface area (Å²) in [5.41, 5.74) is 1.70. The Kier molecular flexibility index (Phi) is 2.67. The van der Waals surface area contributed by atoms with Crippen molar-refractivity contribution >= 4 is 0 Å². The van der Waals surface area contributed by atoms with Gasteiger partial charge in [-0.25, -0.2) is 0 Å². The van der Waals surface area contributed by atoms with E-state index in [9.17, 15) is 5.11 Å². The minimum atomic E-state index is -0.555. The van der Waals surface area contributed by atoms with E-state index in [2.05, 4.69) is 5.32 Å². The van der Waals surface area contributed by atoms with Gasteiger partial charge in [-0.2, -0.15) is 0 Å². The number of nitrogens with one attached hydrogen (secondary N) is 1. The number of aryl methyl sites for hydroxylation is 1. The molecule has 0 bridgehead atoms. The molecule has 2 N–H and O–H groups in total. The Balaban J connectivity index is 2.14. The van der Waals surface area contributed by atoms with Crippen LogP contribution in [0.1, 0.15) is 11.1 Å². The van der Waals surface area contributed by atoms with Gasteiger partial charge in [0.05, 0.1) is 12.7 Å². The van der Waals surface area contributed by atoms with Crippen LogP contribution in [0.5, 0.6) is 5.75 Å². The molecular formula is C12H17NO2. The highest BCUT2D eigenvalue weighted by molar-refractivity contribution is 5.37. The van der Waals surface area contributed by atoms with E-state index < -0.39 is 5.60 Å². The first-order valence-corrected chi connectivity index (χ1v) is 5.20. The van der Waals surface area contributed by atoms with Gasteiger partial charge in [0.2, 0.25) is 0 Å². The molecule has 3 heteroatoms. The Morgan fingerprint density at radius 2 is 2.20 bits per heavy atom. The molecule has 1 heterocycles. The Hall–Kier alpha value is -1.06. The van der Waals surface area contributed by atoms with Gasteiger partial charge in [-0.1, -0.05) is 12.1 Å². The third kappa shape index (κ3) is 2.13. The predicted octanol–water partition coefficient (Wildman–Crippen LogP) is 0.880. The van der Waals surface area contributed by atoms with Gasteiger partial charge in [0, 0.05) is 19.5 Å². The molecule has 1 aliphatic rings. The third-order valence-corrected chi connectivity index (χ3v) is 2.91. The molecule has 0 unspecified atom stereocenters. The molecule has 3 nitrogen and oxygen atoms in total. The summed E-state index contributed by atoms with van der Waals surface area (Å²) in [7, 11) is 1.67. The van der Waals surface area contributed by atoms with Crippen molar-refractivity contribution in [2.24, 2.45) is 0 Å². The lowest BCUT2D eigenvalue weighted by atomic mass is 9.89. The number of hydrogen-bond acceptors (Lipinski definition) is 3. The van der Waals surface area contributed by atoms with Crippen LogP contribution in [0.15, 0.2) is 18.2 Å². The first-order valence-electron chi connectivity index (χ1n) is 5.20. The largest absolute Gasteiger partial charge is 0.496 e. The zero-order chi connectivity index (χ0) is 10.9. The second-order valence-corrected chi connectivity index (χ2v) is 4.31. The Bertz CT molecular complexity index is 359. The number of β-amino-alcohol motifs (C(OH)–C–C–N with tert-alkyl or cyclic N) is 1. The molecule has 1 aromatic carbocycles. The van der Waals surface area contributed by atoms with Gasteiger partial charge in [-0.15, -0.1) is 0 Å². The first-order chi connectivity index (χ1) is 7.13. The normalized spacial score (nSPS) is 18.3. The standard InChI is InChI=1S/C12H17NO2/c1-9-3-4-10(5-11(9)15-2)6-12(14)7-13-8-12/h3-5,13-14H,6-8H2,1-2H3. The van der Waals surface area contributed by atoms with Gasteiger partial charge >= 0.3 is 0 Å². The summed E-state index contributed by atoms with van der Waals surface area (Å²) in [4.78, 5) is 0. The maximum absolute atomic E-state index is 9.99. The molecule has 1 saturated heterocycles. The number of rotatable bonds is 3. The van der Waals surface area contributed by atoms with Gasteiger partial charge in [0.25, 0.3) is 0 Å². The Morgan fingerprint density at radius 1 is 1.47 bits per heavy atom. The maximum atomic E-state index is 9.99. The summed E-state index contributed by atoms with van der Waals surface area (Å²) < 4.78 is 5.25. The number of ether oxygens (including phenoxy) is 1. The molecule has 1 aliphatic heterocycles. The van der Waals surface area contributed by atoms with Crippen molar-refractivity contribution in [2.75, 3.05) is 20.2 Å². The predicted molar refractivity (Wildman–Crippen MR) is 59.3 cm³/mol. The van der Waals surface area contributed by atoms with Crippen molar-refractivity contribution in [1.29, 1.82) is 0 Å². The second-order valence-electron chi connectivity index (χ2n) is 4.31. The third-order valence-electron chi connectivity index (χ3n) is 2.91. The summed E-state index contributed by atoms with van der Waals surface area (Å²) >= 11 is 0. The molecule has 2 rings (SSSR count). The number of methoxy groups -OCH3 is 1. The fourth-order valence-corrected chi connectivity index (χ4v) is 1.89. The fourth-order valence-electron chi connectivity index (χ4n) is 1.89. The summed E-state index contributed by atoms with van der Waals surface area (Å²) in [6.07, 6.45) is 0.691. The Morgan fingerprint density at radius 3 is 2.73 bits per heavy atom. The van der Waals surface area contributed by atoms with Crippen LogP contribution in [0.25, 0.3) is 0 Å². The average Bonchev–Trinajstić information content (AvgIpc) is 2.18. The lowest BCUT2D eigenvalue weighted by Crippen LogP contribution is -2.60. The van der Waals surface area contributed by atoms with Crippen molar-refractivity contribution in [3.63, 3.8) is 0 Å². The van der Waals surface area contributed by atoms with Crippen LogP contribution in [0.4, 0.5) is 0 Å². The number of aliphatic hydroxyl groups is 1. The first kappa shape index (κ1) is 10.5. The van der Waals surface area contributed by atoms with E-state index in [0.717, 1.165) is 16.9 Å². The zero-order valence-electron chi connectivity index (χ0n) is 9.21. The molecular weight excluding hydrogens is 190 g/mol. The van der Waals surface area contributed by atoms with Crippen LogP contribution < -0.4 is 10.1 Å². The van der Waals surface area contributed by atoms with Gasteiger partial charge in [-0.3, -0.25) is 0 Å². The minimum Gasteiger partial charge on any atom is -0.496 e. The molecule has 0 aliphatic carbocycles. The van der Waals surface area contributed by atoms with E-state index in [4.69, 9.17) is 4.74 Å². The Labute approximate surface area is 90.1 Å². The molecule has 0 atom stereocenters. The van der Waals surface area contributed by atoms with Crippen LogP contribution in [0, 0.1) is 6.92 Å². The molecule has 82 valence electrons. The van der Waals surface area contributed by atoms with Gasteiger partial charge in [0.1, 0.15) is 5.75 Å². The van der Waals surface area contributed by atoms with Crippen molar-refractivity contribution in [1.82, 2.24) is 5.32 Å². The molecule has 0 spiro atoms. The van der Waals surface area contributed by atoms with E-state index in [0.29, 0.717) is 19.5 Å². The van der Waals surface area contributed by atoms with E-state index >= 15 is 0 Å². The summed E-state index contributed by atoms with van der Waals surface area (Å²) in [6, 6.07) is 6.09. The highest BCUT2D eigenvalue weighted by Gasteiger charge is 2.34. The van der Waals surface area contributed by atoms with Crippen molar-refractivity contribution in [3.8, 4) is 5.75 Å². The summed E-state index contributed by atoms with van der Waals surface area (Å²) in [5, 5.41) is 13.1. The maximum Gasteiger partial charge on any atom is 0.122 e. The molecule has 1 aromatic rings. The van der Waals surface area contributed by atoms with Gasteiger partial charge in [-0.05, 0) is 24.1 Å². The van der Waals surface area contributed by atoms with Crippen LogP contribution in [0.3, 0.4) is 0 Å². The lowest BCUT2D eigenvalue weighted by molar-refractivity contribution is -0.00904. The number of benzene rings is 1. The van der Waals surface area contributed by atoms with Crippen LogP contribution in [0.2, 0.25) is 0 Å². The van der Waals surface area contributed by atoms with Crippen molar-refractivity contribution in [2.45, 2.75) is 18.9 Å². The SMILES string of the molecule is COc1cc(CC2(O)CNC2)ccc1C. The topological polar surface area (TPSA) is 41.5 Å². The van der Waals surface area contributed by atoms with Crippen LogP contribution in [-0.2, 0) is 6.42 Å². The summed E-state index contributed by atoms with van der Waals surface area (Å²) in [5.74, 6) is 0.892. The zero-order valence-corrected chi connectivity index (χ0v) is 9.21. The lowest BCUT2D eigenvalue weighted by Gasteiger charge is -2.37. The molecule has 0 radical (unpaired) electrons. The average molecular weight is 207 g/mol. The second kappa shape index (κ2) is 3.83. The number of hydrogen-bond donors (Lipinski definition) is 2. The van der Waals surface area contributed by atoms with Gasteiger partial charge in [0.15, 0.2) is 0 Å². The quantitative estimate of drug-likeness (QED) is 0.773. The molecule has 0 amide bonds. The van der Waals surface area contributed by atoms with E-state index in [1.54, 1.807) is 7.11 Å². The smallest absolute Gasteiger partial charge is 0.122 e. The van der Waals surface area contributed by atoms with Crippen LogP contribution >= 0.6 is 0 Å². The highest BCUT2D eigenvalue weighted by atomic mass is 16.5. The summed E-state index contributed by atoms with van der Waals surface area (Å²) in [6.45, 7) is 3.38. The van der Waals surface area contributed by atoms with Crippen molar-refractivity contribution < 1.29 is 9.84 Å². The molecule has 1 fully saturated rings. The highest BCUT2D eigenvalue weighted by Crippen LogP contribution is 2.23. The molecule has 0 aromatic heterocycles. The molecule has 0 saturated carbocycles. The van der Waals surface area contributed by atoms with E-state index in [1.807, 2.05) is 25.1 Å². The van der Waals surface area contributed by atoms with Crippen molar-refractivity contribution in [3.05, 3.63) is 29.3 Å².